The van der Waals surface area contributed by atoms with Gasteiger partial charge in [0.2, 0.25) is 0 Å². The Morgan fingerprint density at radius 3 is 2.65 bits per heavy atom. The lowest BCUT2D eigenvalue weighted by Crippen LogP contribution is -2.37. The Bertz CT molecular complexity index is 385. The quantitative estimate of drug-likeness (QED) is 0.788. The molecule has 0 aromatic carbocycles. The Balaban J connectivity index is 2.47. The number of aliphatic hydroxyl groups is 1. The Morgan fingerprint density at radius 1 is 1.53 bits per heavy atom. The monoisotopic (exact) mass is 240 g/mol. The Labute approximate surface area is 101 Å². The van der Waals surface area contributed by atoms with Crippen LogP contribution in [0.25, 0.3) is 0 Å². The highest BCUT2D eigenvalue weighted by molar-refractivity contribution is 5.95. The molecule has 0 saturated heterocycles. The van der Waals surface area contributed by atoms with Crippen LogP contribution < -0.4 is 5.32 Å². The van der Waals surface area contributed by atoms with Crippen LogP contribution in [0.1, 0.15) is 21.9 Å². The van der Waals surface area contributed by atoms with E-state index in [9.17, 15) is 9.90 Å². The largest absolute Gasteiger partial charge is 0.466 e. The fourth-order valence-electron chi connectivity index (χ4n) is 1.65. The van der Waals surface area contributed by atoms with E-state index in [1.807, 2.05) is 19.0 Å². The van der Waals surface area contributed by atoms with E-state index in [1.165, 1.54) is 0 Å². The van der Waals surface area contributed by atoms with Crippen molar-refractivity contribution in [2.24, 2.45) is 0 Å². The molecule has 0 radical (unpaired) electrons. The van der Waals surface area contributed by atoms with Crippen molar-refractivity contribution in [3.8, 4) is 0 Å². The van der Waals surface area contributed by atoms with Crippen molar-refractivity contribution < 1.29 is 14.3 Å². The number of likely N-dealkylation sites (N-methyl/N-ethyl adjacent to an activating group) is 1. The summed E-state index contributed by atoms with van der Waals surface area (Å²) in [5.41, 5.74) is 0.527. The fraction of sp³-hybridized carbons (Fsp3) is 0.583. The Morgan fingerprint density at radius 2 is 2.18 bits per heavy atom. The highest BCUT2D eigenvalue weighted by atomic mass is 16.3. The first-order valence-corrected chi connectivity index (χ1v) is 5.58. The first-order valence-electron chi connectivity index (χ1n) is 5.58. The lowest BCUT2D eigenvalue weighted by atomic mass is 10.2. The molecular formula is C12H20N2O3. The van der Waals surface area contributed by atoms with Gasteiger partial charge in [0.1, 0.15) is 11.5 Å². The maximum Gasteiger partial charge on any atom is 0.254 e. The maximum atomic E-state index is 11.8. The van der Waals surface area contributed by atoms with Gasteiger partial charge in [-0.05, 0) is 34.0 Å². The van der Waals surface area contributed by atoms with Crippen LogP contribution in [0.2, 0.25) is 0 Å². The van der Waals surface area contributed by atoms with Crippen molar-refractivity contribution in [2.75, 3.05) is 27.2 Å². The van der Waals surface area contributed by atoms with E-state index < -0.39 is 6.10 Å². The zero-order chi connectivity index (χ0) is 13.0. The van der Waals surface area contributed by atoms with Gasteiger partial charge in [-0.3, -0.25) is 4.79 Å². The molecule has 0 aliphatic carbocycles. The number of rotatable bonds is 5. The number of aliphatic hydroxyl groups excluding tert-OH is 1. The van der Waals surface area contributed by atoms with Gasteiger partial charge in [0, 0.05) is 13.1 Å². The summed E-state index contributed by atoms with van der Waals surface area (Å²) in [7, 11) is 3.74. The number of furan rings is 1. The number of amides is 1. The minimum Gasteiger partial charge on any atom is -0.466 e. The number of hydrogen-bond acceptors (Lipinski definition) is 4. The van der Waals surface area contributed by atoms with Crippen molar-refractivity contribution in [1.82, 2.24) is 10.2 Å². The van der Waals surface area contributed by atoms with Gasteiger partial charge in [0.15, 0.2) is 0 Å². The summed E-state index contributed by atoms with van der Waals surface area (Å²) in [4.78, 5) is 13.6. The topological polar surface area (TPSA) is 65.7 Å². The third-order valence-electron chi connectivity index (χ3n) is 2.36. The Kier molecular flexibility index (Phi) is 4.72. The van der Waals surface area contributed by atoms with E-state index in [2.05, 4.69) is 5.32 Å². The van der Waals surface area contributed by atoms with Crippen LogP contribution in [-0.4, -0.2) is 49.2 Å². The molecule has 0 aliphatic heterocycles. The van der Waals surface area contributed by atoms with Gasteiger partial charge >= 0.3 is 0 Å². The summed E-state index contributed by atoms with van der Waals surface area (Å²) in [5, 5.41) is 12.3. The first kappa shape index (κ1) is 13.7. The Hall–Kier alpha value is -1.33. The van der Waals surface area contributed by atoms with Crippen LogP contribution in [0, 0.1) is 13.8 Å². The summed E-state index contributed by atoms with van der Waals surface area (Å²) in [6, 6.07) is 1.70. The normalized spacial score (nSPS) is 12.8. The molecule has 1 aromatic heterocycles. The summed E-state index contributed by atoms with van der Waals surface area (Å²) in [6.45, 7) is 4.30. The second kappa shape index (κ2) is 5.84. The highest BCUT2D eigenvalue weighted by Crippen LogP contribution is 2.13. The average molecular weight is 240 g/mol. The van der Waals surface area contributed by atoms with E-state index >= 15 is 0 Å². The number of nitrogens with one attached hydrogen (secondary N) is 1. The number of hydrogen-bond donors (Lipinski definition) is 2. The zero-order valence-electron chi connectivity index (χ0n) is 10.8. The van der Waals surface area contributed by atoms with Crippen molar-refractivity contribution in [3.05, 3.63) is 23.2 Å². The van der Waals surface area contributed by atoms with Crippen molar-refractivity contribution >= 4 is 5.91 Å². The molecule has 2 N–H and O–H groups in total. The lowest BCUT2D eigenvalue weighted by molar-refractivity contribution is 0.0891. The molecule has 5 nitrogen and oxygen atoms in total. The van der Waals surface area contributed by atoms with Crippen LogP contribution >= 0.6 is 0 Å². The van der Waals surface area contributed by atoms with E-state index in [0.717, 1.165) is 0 Å². The molecule has 1 heterocycles. The van der Waals surface area contributed by atoms with Crippen LogP contribution in [-0.2, 0) is 0 Å². The number of aryl methyl sites for hydroxylation is 2. The van der Waals surface area contributed by atoms with Gasteiger partial charge in [0.25, 0.3) is 5.91 Å². The second-order valence-electron chi connectivity index (χ2n) is 4.45. The molecule has 0 saturated carbocycles. The molecule has 0 spiro atoms. The molecule has 1 unspecified atom stereocenters. The minimum absolute atomic E-state index is 0.211. The van der Waals surface area contributed by atoms with Gasteiger partial charge < -0.3 is 19.7 Å². The summed E-state index contributed by atoms with van der Waals surface area (Å²) in [5.74, 6) is 1.10. The smallest absolute Gasteiger partial charge is 0.254 e. The molecule has 0 bridgehead atoms. The van der Waals surface area contributed by atoms with Gasteiger partial charge in [-0.1, -0.05) is 0 Å². The molecule has 96 valence electrons. The highest BCUT2D eigenvalue weighted by Gasteiger charge is 2.14. The molecule has 1 rings (SSSR count). The lowest BCUT2D eigenvalue weighted by Gasteiger charge is -2.16. The van der Waals surface area contributed by atoms with Crippen LogP contribution in [0.15, 0.2) is 10.5 Å². The van der Waals surface area contributed by atoms with E-state index in [0.29, 0.717) is 23.6 Å². The molecule has 17 heavy (non-hydrogen) atoms. The minimum atomic E-state index is -0.567. The van der Waals surface area contributed by atoms with Crippen molar-refractivity contribution in [3.63, 3.8) is 0 Å². The number of carbonyl (C=O) groups excluding carboxylic acids is 1. The fourth-order valence-corrected chi connectivity index (χ4v) is 1.65. The average Bonchev–Trinajstić information content (AvgIpc) is 2.53. The number of nitrogens with zero attached hydrogens (tertiary/aromatic N) is 1. The van der Waals surface area contributed by atoms with E-state index in [1.54, 1.807) is 19.9 Å². The second-order valence-corrected chi connectivity index (χ2v) is 4.45. The van der Waals surface area contributed by atoms with Crippen molar-refractivity contribution in [2.45, 2.75) is 20.0 Å². The van der Waals surface area contributed by atoms with Gasteiger partial charge in [0.05, 0.1) is 11.7 Å². The molecule has 1 aromatic rings. The molecule has 1 atom stereocenters. The third-order valence-corrected chi connectivity index (χ3v) is 2.36. The molecule has 1 amide bonds. The standard InChI is InChI=1S/C12H20N2O3/c1-8-5-11(9(2)17-8)12(16)13-6-10(15)7-14(3)4/h5,10,15H,6-7H2,1-4H3,(H,13,16). The summed E-state index contributed by atoms with van der Waals surface area (Å²) >= 11 is 0. The summed E-state index contributed by atoms with van der Waals surface area (Å²) < 4.78 is 5.28. The number of carbonyl (C=O) groups is 1. The maximum absolute atomic E-state index is 11.8. The van der Waals surface area contributed by atoms with Gasteiger partial charge in [-0.25, -0.2) is 0 Å². The van der Waals surface area contributed by atoms with Crippen LogP contribution in [0.3, 0.4) is 0 Å². The molecule has 0 fully saturated rings. The predicted octanol–water partition coefficient (Wildman–Crippen LogP) is 0.549. The predicted molar refractivity (Wildman–Crippen MR) is 65.1 cm³/mol. The van der Waals surface area contributed by atoms with Crippen LogP contribution in [0.4, 0.5) is 0 Å². The molecule has 5 heteroatoms. The van der Waals surface area contributed by atoms with Gasteiger partial charge in [-0.2, -0.15) is 0 Å². The summed E-state index contributed by atoms with van der Waals surface area (Å²) in [6.07, 6.45) is -0.567. The zero-order valence-corrected chi connectivity index (χ0v) is 10.8. The van der Waals surface area contributed by atoms with Crippen LogP contribution in [0.5, 0.6) is 0 Å². The first-order chi connectivity index (χ1) is 7.90. The van der Waals surface area contributed by atoms with Crippen molar-refractivity contribution in [1.29, 1.82) is 0 Å². The molecule has 0 aliphatic rings. The van der Waals surface area contributed by atoms with Gasteiger partial charge in [-0.15, -0.1) is 0 Å². The third kappa shape index (κ3) is 4.20. The molecular weight excluding hydrogens is 220 g/mol. The SMILES string of the molecule is Cc1cc(C(=O)NCC(O)CN(C)C)c(C)o1. The van der Waals surface area contributed by atoms with E-state index in [4.69, 9.17) is 4.42 Å². The van der Waals surface area contributed by atoms with E-state index in [-0.39, 0.29) is 12.5 Å².